The predicted molar refractivity (Wildman–Crippen MR) is 195 cm³/mol. The Labute approximate surface area is 281 Å². The number of fused-ring (bicyclic) bond motifs is 4. The molecule has 6 aromatic carbocycles. The highest BCUT2D eigenvalue weighted by atomic mass is 15.0. The monoisotopic (exact) mass is 615 g/mol. The molecule has 2 aliphatic carbocycles. The maximum atomic E-state index is 5.10. The Hall–Kier alpha value is -5.93. The minimum atomic E-state index is -0.487. The Kier molecular flexibility index (Phi) is 6.38. The molecule has 48 heavy (non-hydrogen) atoms. The number of nitrogens with zero attached hydrogens (tertiary/aromatic N) is 3. The second kappa shape index (κ2) is 10.8. The molecule has 0 radical (unpaired) electrons. The van der Waals surface area contributed by atoms with Crippen molar-refractivity contribution in [3.8, 4) is 34.2 Å². The normalized spacial score (nSPS) is 15.1. The van der Waals surface area contributed by atoms with E-state index in [1.54, 1.807) is 0 Å². The van der Waals surface area contributed by atoms with Crippen LogP contribution in [0.4, 0.5) is 0 Å². The SMILES string of the molecule is CC1(C)C2=C(c3ccccc31)C(c1ccccc1)(c1ccccc1)c1ccc(-c3nc(-c4ccccc4)nc(-c4ccccc4)n3)cc12. The Morgan fingerprint density at radius 3 is 1.38 bits per heavy atom. The summed E-state index contributed by atoms with van der Waals surface area (Å²) in [7, 11) is 0. The quantitative estimate of drug-likeness (QED) is 0.193. The molecule has 0 fully saturated rings. The Morgan fingerprint density at radius 1 is 0.375 bits per heavy atom. The standard InChI is InChI=1S/C45H33N3/c1-44(2)37-26-16-15-25-35(37)40-39(44)36-29-32(27-28-38(36)45(40,33-21-11-5-12-22-33)34-23-13-6-14-24-34)43-47-41(30-17-7-3-8-18-30)46-42(48-43)31-19-9-4-10-20-31/h3-29H,1-2H3. The van der Waals surface area contributed by atoms with Crippen LogP contribution in [0.25, 0.3) is 45.3 Å². The van der Waals surface area contributed by atoms with E-state index < -0.39 is 5.41 Å². The van der Waals surface area contributed by atoms with Crippen molar-refractivity contribution in [2.24, 2.45) is 0 Å². The van der Waals surface area contributed by atoms with E-state index >= 15 is 0 Å². The van der Waals surface area contributed by atoms with Crippen molar-refractivity contribution < 1.29 is 0 Å². The molecule has 0 aliphatic heterocycles. The van der Waals surface area contributed by atoms with E-state index in [1.807, 2.05) is 36.4 Å². The number of benzene rings is 6. The summed E-state index contributed by atoms with van der Waals surface area (Å²) in [5.41, 5.74) is 12.7. The minimum Gasteiger partial charge on any atom is -0.208 e. The van der Waals surface area contributed by atoms with Gasteiger partial charge < -0.3 is 0 Å². The largest absolute Gasteiger partial charge is 0.208 e. The van der Waals surface area contributed by atoms with Crippen LogP contribution in [0.15, 0.2) is 164 Å². The Bertz CT molecular complexity index is 2240. The zero-order valence-electron chi connectivity index (χ0n) is 26.9. The smallest absolute Gasteiger partial charge is 0.164 e. The van der Waals surface area contributed by atoms with E-state index in [4.69, 9.17) is 15.0 Å². The predicted octanol–water partition coefficient (Wildman–Crippen LogP) is 10.4. The maximum absolute atomic E-state index is 5.10. The first-order valence-electron chi connectivity index (χ1n) is 16.5. The minimum absolute atomic E-state index is 0.214. The zero-order valence-corrected chi connectivity index (χ0v) is 26.9. The van der Waals surface area contributed by atoms with Crippen molar-refractivity contribution in [2.75, 3.05) is 0 Å². The third-order valence-corrected chi connectivity index (χ3v) is 10.2. The lowest BCUT2D eigenvalue weighted by Crippen LogP contribution is -2.29. The summed E-state index contributed by atoms with van der Waals surface area (Å²) in [4.78, 5) is 15.1. The second-order valence-corrected chi connectivity index (χ2v) is 13.2. The average Bonchev–Trinajstić information content (AvgIpc) is 3.60. The van der Waals surface area contributed by atoms with Crippen molar-refractivity contribution in [1.82, 2.24) is 15.0 Å². The van der Waals surface area contributed by atoms with Gasteiger partial charge in [0.15, 0.2) is 17.5 Å². The molecule has 0 unspecified atom stereocenters. The topological polar surface area (TPSA) is 38.7 Å². The van der Waals surface area contributed by atoms with E-state index in [0.717, 1.165) is 16.7 Å². The van der Waals surface area contributed by atoms with Crippen LogP contribution in [0.2, 0.25) is 0 Å². The Morgan fingerprint density at radius 2 is 0.833 bits per heavy atom. The molecule has 7 aromatic rings. The van der Waals surface area contributed by atoms with Crippen LogP contribution >= 0.6 is 0 Å². The third kappa shape index (κ3) is 4.10. The lowest BCUT2D eigenvalue weighted by atomic mass is 9.65. The fraction of sp³-hybridized carbons (Fsp3) is 0.0889. The van der Waals surface area contributed by atoms with Gasteiger partial charge in [-0.15, -0.1) is 0 Å². The van der Waals surface area contributed by atoms with Gasteiger partial charge in [0, 0.05) is 22.1 Å². The zero-order chi connectivity index (χ0) is 32.3. The third-order valence-electron chi connectivity index (χ3n) is 10.2. The van der Waals surface area contributed by atoms with Crippen LogP contribution in [-0.2, 0) is 10.8 Å². The first-order chi connectivity index (χ1) is 23.6. The molecular formula is C45H33N3. The van der Waals surface area contributed by atoms with Crippen LogP contribution in [0.3, 0.4) is 0 Å². The molecule has 1 heterocycles. The van der Waals surface area contributed by atoms with Crippen LogP contribution in [0.1, 0.15) is 47.2 Å². The van der Waals surface area contributed by atoms with E-state index in [-0.39, 0.29) is 5.41 Å². The summed E-state index contributed by atoms with van der Waals surface area (Å²) < 4.78 is 0. The first-order valence-corrected chi connectivity index (χ1v) is 16.5. The van der Waals surface area contributed by atoms with Gasteiger partial charge in [0.25, 0.3) is 0 Å². The van der Waals surface area contributed by atoms with Gasteiger partial charge in [-0.2, -0.15) is 0 Å². The van der Waals surface area contributed by atoms with E-state index in [0.29, 0.717) is 17.5 Å². The molecule has 0 atom stereocenters. The molecular weight excluding hydrogens is 583 g/mol. The number of hydrogen-bond donors (Lipinski definition) is 0. The fourth-order valence-electron chi connectivity index (χ4n) is 8.12. The highest BCUT2D eigenvalue weighted by Gasteiger charge is 2.55. The summed E-state index contributed by atoms with van der Waals surface area (Å²) in [6, 6.07) is 58.3. The molecule has 0 bridgehead atoms. The summed E-state index contributed by atoms with van der Waals surface area (Å²) in [5.74, 6) is 1.99. The molecule has 228 valence electrons. The van der Waals surface area contributed by atoms with E-state index in [2.05, 4.69) is 141 Å². The van der Waals surface area contributed by atoms with Crippen LogP contribution < -0.4 is 0 Å². The highest BCUT2D eigenvalue weighted by molar-refractivity contribution is 6.13. The number of aromatic nitrogens is 3. The van der Waals surface area contributed by atoms with Crippen molar-refractivity contribution in [2.45, 2.75) is 24.7 Å². The lowest BCUT2D eigenvalue weighted by Gasteiger charge is -2.36. The van der Waals surface area contributed by atoms with Gasteiger partial charge in [-0.05, 0) is 50.6 Å². The van der Waals surface area contributed by atoms with Crippen molar-refractivity contribution >= 4 is 11.1 Å². The van der Waals surface area contributed by atoms with Crippen molar-refractivity contribution in [1.29, 1.82) is 0 Å². The van der Waals surface area contributed by atoms with Gasteiger partial charge in [0.2, 0.25) is 0 Å². The molecule has 0 spiro atoms. The van der Waals surface area contributed by atoms with Crippen LogP contribution in [0.5, 0.6) is 0 Å². The summed E-state index contributed by atoms with van der Waals surface area (Å²) in [6.07, 6.45) is 0. The van der Waals surface area contributed by atoms with Gasteiger partial charge >= 0.3 is 0 Å². The van der Waals surface area contributed by atoms with E-state index in [9.17, 15) is 0 Å². The number of rotatable bonds is 5. The molecule has 0 saturated carbocycles. The molecule has 0 amide bonds. The maximum Gasteiger partial charge on any atom is 0.164 e. The van der Waals surface area contributed by atoms with Crippen molar-refractivity contribution in [3.05, 3.63) is 197 Å². The van der Waals surface area contributed by atoms with Gasteiger partial charge in [0.1, 0.15) is 0 Å². The van der Waals surface area contributed by atoms with Gasteiger partial charge in [-0.3, -0.25) is 0 Å². The second-order valence-electron chi connectivity index (χ2n) is 13.2. The molecule has 9 rings (SSSR count). The summed E-state index contributed by atoms with van der Waals surface area (Å²) in [6.45, 7) is 4.75. The lowest BCUT2D eigenvalue weighted by molar-refractivity contribution is 0.703. The number of hydrogen-bond acceptors (Lipinski definition) is 3. The van der Waals surface area contributed by atoms with Crippen molar-refractivity contribution in [3.63, 3.8) is 0 Å². The van der Waals surface area contributed by atoms with E-state index in [1.165, 1.54) is 44.5 Å². The molecule has 2 aliphatic rings. The fourth-order valence-corrected chi connectivity index (χ4v) is 8.12. The van der Waals surface area contributed by atoms with Crippen LogP contribution in [-0.4, -0.2) is 15.0 Å². The molecule has 0 saturated heterocycles. The van der Waals surface area contributed by atoms with Crippen LogP contribution in [0, 0.1) is 0 Å². The highest BCUT2D eigenvalue weighted by Crippen LogP contribution is 2.66. The molecule has 0 N–H and O–H groups in total. The summed E-state index contributed by atoms with van der Waals surface area (Å²) >= 11 is 0. The van der Waals surface area contributed by atoms with Gasteiger partial charge in [-0.1, -0.05) is 172 Å². The Balaban J connectivity index is 1.34. The molecule has 3 nitrogen and oxygen atoms in total. The number of allylic oxidation sites excluding steroid dienone is 2. The molecule has 3 heteroatoms. The summed E-state index contributed by atoms with van der Waals surface area (Å²) in [5, 5.41) is 0. The average molecular weight is 616 g/mol. The first kappa shape index (κ1) is 28.3. The van der Waals surface area contributed by atoms with Gasteiger partial charge in [-0.25, -0.2) is 15.0 Å². The van der Waals surface area contributed by atoms with Gasteiger partial charge in [0.05, 0.1) is 5.41 Å². The molecule has 1 aromatic heterocycles.